The van der Waals surface area contributed by atoms with Crippen LogP contribution in [0.5, 0.6) is 5.75 Å². The molecule has 1 aromatic heterocycles. The summed E-state index contributed by atoms with van der Waals surface area (Å²) in [6, 6.07) is 15.2. The Labute approximate surface area is 145 Å². The lowest BCUT2D eigenvalue weighted by Crippen LogP contribution is -2.24. The van der Waals surface area contributed by atoms with Gasteiger partial charge in [0.2, 0.25) is 5.91 Å². The molecule has 0 aliphatic heterocycles. The number of aryl methyl sites for hydroxylation is 1. The van der Waals surface area contributed by atoms with Gasteiger partial charge in [-0.25, -0.2) is 0 Å². The SMILES string of the molecule is COc1ccc(C[C@@H](C(=O)Nc2ccccc2C)c2nn[nH]n2)cc1. The maximum Gasteiger partial charge on any atom is 0.235 e. The van der Waals surface area contributed by atoms with Crippen molar-refractivity contribution in [3.05, 3.63) is 65.5 Å². The van der Waals surface area contributed by atoms with Gasteiger partial charge in [-0.1, -0.05) is 35.5 Å². The average molecular weight is 337 g/mol. The third-order valence-corrected chi connectivity index (χ3v) is 3.99. The molecule has 7 heteroatoms. The number of para-hydroxylation sites is 1. The lowest BCUT2D eigenvalue weighted by Gasteiger charge is -2.15. The van der Waals surface area contributed by atoms with Gasteiger partial charge in [0, 0.05) is 5.69 Å². The van der Waals surface area contributed by atoms with E-state index in [9.17, 15) is 4.79 Å². The number of amides is 1. The number of nitrogens with zero attached hydrogens (tertiary/aromatic N) is 3. The summed E-state index contributed by atoms with van der Waals surface area (Å²) in [4.78, 5) is 12.8. The maximum absolute atomic E-state index is 12.8. The van der Waals surface area contributed by atoms with E-state index >= 15 is 0 Å². The molecule has 1 atom stereocenters. The van der Waals surface area contributed by atoms with Crippen molar-refractivity contribution in [2.75, 3.05) is 12.4 Å². The molecule has 2 aromatic carbocycles. The molecule has 3 rings (SSSR count). The minimum atomic E-state index is -0.549. The highest BCUT2D eigenvalue weighted by molar-refractivity contribution is 5.96. The topological polar surface area (TPSA) is 92.8 Å². The summed E-state index contributed by atoms with van der Waals surface area (Å²) < 4.78 is 5.17. The third kappa shape index (κ3) is 4.00. The zero-order valence-corrected chi connectivity index (χ0v) is 14.1. The number of tetrazole rings is 1. The predicted octanol–water partition coefficient (Wildman–Crippen LogP) is 2.48. The van der Waals surface area contributed by atoms with Gasteiger partial charge in [0.15, 0.2) is 5.82 Å². The Kier molecular flexibility index (Phi) is 5.03. The first-order valence-electron chi connectivity index (χ1n) is 7.90. The number of carbonyl (C=O) groups excluding carboxylic acids is 1. The van der Waals surface area contributed by atoms with Gasteiger partial charge in [0.1, 0.15) is 11.7 Å². The van der Waals surface area contributed by atoms with E-state index in [4.69, 9.17) is 4.74 Å². The molecule has 0 radical (unpaired) electrons. The van der Waals surface area contributed by atoms with Crippen molar-refractivity contribution in [1.82, 2.24) is 20.6 Å². The van der Waals surface area contributed by atoms with Crippen LogP contribution in [-0.2, 0) is 11.2 Å². The minimum absolute atomic E-state index is 0.175. The minimum Gasteiger partial charge on any atom is -0.497 e. The maximum atomic E-state index is 12.8. The summed E-state index contributed by atoms with van der Waals surface area (Å²) in [6.07, 6.45) is 0.460. The van der Waals surface area contributed by atoms with Crippen LogP contribution in [0.1, 0.15) is 22.9 Å². The smallest absolute Gasteiger partial charge is 0.235 e. The fourth-order valence-corrected chi connectivity index (χ4v) is 2.55. The summed E-state index contributed by atoms with van der Waals surface area (Å²) in [7, 11) is 1.62. The van der Waals surface area contributed by atoms with Gasteiger partial charge in [-0.2, -0.15) is 5.21 Å². The Balaban J connectivity index is 1.82. The molecule has 1 amide bonds. The number of methoxy groups -OCH3 is 1. The predicted molar refractivity (Wildman–Crippen MR) is 93.4 cm³/mol. The molecular weight excluding hydrogens is 318 g/mol. The molecule has 0 aliphatic rings. The van der Waals surface area contributed by atoms with Crippen molar-refractivity contribution in [2.24, 2.45) is 0 Å². The summed E-state index contributed by atoms with van der Waals surface area (Å²) in [5.74, 6) is 0.407. The number of aromatic nitrogens is 4. The zero-order chi connectivity index (χ0) is 17.6. The highest BCUT2D eigenvalue weighted by Gasteiger charge is 2.25. The summed E-state index contributed by atoms with van der Waals surface area (Å²) in [6.45, 7) is 1.95. The van der Waals surface area contributed by atoms with E-state index in [1.54, 1.807) is 7.11 Å². The lowest BCUT2D eigenvalue weighted by molar-refractivity contribution is -0.117. The van der Waals surface area contributed by atoms with Gasteiger partial charge in [-0.3, -0.25) is 4.79 Å². The number of carbonyl (C=O) groups is 1. The van der Waals surface area contributed by atoms with Gasteiger partial charge >= 0.3 is 0 Å². The van der Waals surface area contributed by atoms with E-state index in [0.717, 1.165) is 22.6 Å². The first-order chi connectivity index (χ1) is 12.2. The van der Waals surface area contributed by atoms with Crippen molar-refractivity contribution in [2.45, 2.75) is 19.3 Å². The molecule has 2 N–H and O–H groups in total. The standard InChI is InChI=1S/C18H19N5O2/c1-12-5-3-4-6-16(12)19-18(24)15(17-20-22-23-21-17)11-13-7-9-14(25-2)10-8-13/h3-10,15H,11H2,1-2H3,(H,19,24)(H,20,21,22,23)/t15-/m1/s1. The highest BCUT2D eigenvalue weighted by atomic mass is 16.5. The Hall–Kier alpha value is -3.22. The zero-order valence-electron chi connectivity index (χ0n) is 14.1. The van der Waals surface area contributed by atoms with E-state index in [0.29, 0.717) is 12.2 Å². The van der Waals surface area contributed by atoms with Gasteiger partial charge in [0.25, 0.3) is 0 Å². The number of ether oxygens (including phenoxy) is 1. The summed E-state index contributed by atoms with van der Waals surface area (Å²) >= 11 is 0. The Morgan fingerprint density at radius 1 is 1.20 bits per heavy atom. The quantitative estimate of drug-likeness (QED) is 0.721. The average Bonchev–Trinajstić information content (AvgIpc) is 3.16. The van der Waals surface area contributed by atoms with Gasteiger partial charge < -0.3 is 10.1 Å². The second-order valence-electron chi connectivity index (χ2n) is 5.68. The summed E-state index contributed by atoms with van der Waals surface area (Å²) in [5.41, 5.74) is 2.75. The molecule has 3 aromatic rings. The summed E-state index contributed by atoms with van der Waals surface area (Å²) in [5, 5.41) is 17.0. The van der Waals surface area contributed by atoms with Gasteiger partial charge in [-0.05, 0) is 42.7 Å². The normalized spacial score (nSPS) is 11.8. The fourth-order valence-electron chi connectivity index (χ4n) is 2.55. The molecule has 25 heavy (non-hydrogen) atoms. The molecule has 0 saturated carbocycles. The van der Waals surface area contributed by atoms with Crippen molar-refractivity contribution in [3.63, 3.8) is 0 Å². The largest absolute Gasteiger partial charge is 0.497 e. The molecule has 0 bridgehead atoms. The van der Waals surface area contributed by atoms with Crippen LogP contribution in [-0.4, -0.2) is 33.6 Å². The lowest BCUT2D eigenvalue weighted by atomic mass is 9.97. The number of benzene rings is 2. The van der Waals surface area contributed by atoms with Crippen LogP contribution in [0.4, 0.5) is 5.69 Å². The van der Waals surface area contributed by atoms with Gasteiger partial charge in [0.05, 0.1) is 7.11 Å². The van der Waals surface area contributed by atoms with Crippen LogP contribution in [0.2, 0.25) is 0 Å². The van der Waals surface area contributed by atoms with Crippen LogP contribution < -0.4 is 10.1 Å². The Morgan fingerprint density at radius 3 is 2.60 bits per heavy atom. The molecular formula is C18H19N5O2. The van der Waals surface area contributed by atoms with Crippen LogP contribution in [0, 0.1) is 6.92 Å². The van der Waals surface area contributed by atoms with E-state index in [-0.39, 0.29) is 5.91 Å². The van der Waals surface area contributed by atoms with Crippen molar-refractivity contribution in [3.8, 4) is 5.75 Å². The van der Waals surface area contributed by atoms with Crippen LogP contribution >= 0.6 is 0 Å². The van der Waals surface area contributed by atoms with Crippen LogP contribution in [0.25, 0.3) is 0 Å². The Bertz CT molecular complexity index is 831. The number of hydrogen-bond donors (Lipinski definition) is 2. The number of hydrogen-bond acceptors (Lipinski definition) is 5. The molecule has 0 fully saturated rings. The molecule has 7 nitrogen and oxygen atoms in total. The Morgan fingerprint density at radius 2 is 1.96 bits per heavy atom. The second-order valence-corrected chi connectivity index (χ2v) is 5.68. The molecule has 0 aliphatic carbocycles. The van der Waals surface area contributed by atoms with Crippen molar-refractivity contribution in [1.29, 1.82) is 0 Å². The van der Waals surface area contributed by atoms with Crippen LogP contribution in [0.15, 0.2) is 48.5 Å². The van der Waals surface area contributed by atoms with E-state index in [2.05, 4.69) is 25.9 Å². The third-order valence-electron chi connectivity index (χ3n) is 3.99. The highest BCUT2D eigenvalue weighted by Crippen LogP contribution is 2.22. The molecule has 0 spiro atoms. The molecule has 1 heterocycles. The fraction of sp³-hybridized carbons (Fsp3) is 0.222. The number of nitrogens with one attached hydrogen (secondary N) is 2. The molecule has 128 valence electrons. The van der Waals surface area contributed by atoms with Crippen molar-refractivity contribution >= 4 is 11.6 Å². The van der Waals surface area contributed by atoms with Crippen LogP contribution in [0.3, 0.4) is 0 Å². The van der Waals surface area contributed by atoms with Gasteiger partial charge in [-0.15, -0.1) is 10.2 Å². The second kappa shape index (κ2) is 7.57. The number of H-pyrrole nitrogens is 1. The molecule has 0 saturated heterocycles. The first kappa shape index (κ1) is 16.6. The van der Waals surface area contributed by atoms with Crippen molar-refractivity contribution < 1.29 is 9.53 Å². The number of anilines is 1. The monoisotopic (exact) mass is 337 g/mol. The van der Waals surface area contributed by atoms with E-state index < -0.39 is 5.92 Å². The number of aromatic amines is 1. The first-order valence-corrected chi connectivity index (χ1v) is 7.90. The van der Waals surface area contributed by atoms with E-state index in [1.165, 1.54) is 0 Å². The number of rotatable bonds is 6. The molecule has 0 unspecified atom stereocenters. The van der Waals surface area contributed by atoms with E-state index in [1.807, 2.05) is 55.5 Å².